The Morgan fingerprint density at radius 3 is 2.77 bits per heavy atom. The third-order valence-corrected chi connectivity index (χ3v) is 3.67. The highest BCUT2D eigenvalue weighted by molar-refractivity contribution is 6.30. The van der Waals surface area contributed by atoms with Crippen molar-refractivity contribution in [1.29, 1.82) is 0 Å². The van der Waals surface area contributed by atoms with Crippen molar-refractivity contribution in [2.75, 3.05) is 13.2 Å². The number of benzene rings is 1. The predicted molar refractivity (Wildman–Crippen MR) is 81.5 cm³/mol. The summed E-state index contributed by atoms with van der Waals surface area (Å²) in [4.78, 5) is 15.3. The summed E-state index contributed by atoms with van der Waals surface area (Å²) in [5.74, 6) is -0.624. The number of carbonyl (C=O) groups is 1. The summed E-state index contributed by atoms with van der Waals surface area (Å²) < 4.78 is 11.2. The minimum atomic E-state index is -1.03. The molecule has 1 aliphatic heterocycles. The molecule has 0 radical (unpaired) electrons. The van der Waals surface area contributed by atoms with Crippen molar-refractivity contribution < 1.29 is 19.4 Å². The van der Waals surface area contributed by atoms with Gasteiger partial charge in [-0.05, 0) is 23.8 Å². The van der Waals surface area contributed by atoms with E-state index < -0.39 is 5.97 Å². The Balaban J connectivity index is 2.00. The van der Waals surface area contributed by atoms with Crippen LogP contribution in [0.2, 0.25) is 5.02 Å². The second-order valence-electron chi connectivity index (χ2n) is 4.99. The molecule has 1 N–H and O–H groups in total. The fourth-order valence-corrected chi connectivity index (χ4v) is 2.39. The molecule has 0 saturated carbocycles. The molecule has 22 heavy (non-hydrogen) atoms. The molecule has 1 fully saturated rings. The van der Waals surface area contributed by atoms with Crippen LogP contribution in [0.5, 0.6) is 5.88 Å². The predicted octanol–water partition coefficient (Wildman–Crippen LogP) is 3.27. The molecule has 3 rings (SSSR count). The second kappa shape index (κ2) is 6.34. The first-order chi connectivity index (χ1) is 10.6. The van der Waals surface area contributed by atoms with Crippen molar-refractivity contribution in [2.24, 2.45) is 0 Å². The summed E-state index contributed by atoms with van der Waals surface area (Å²) >= 11 is 5.90. The highest BCUT2D eigenvalue weighted by Gasteiger charge is 2.21. The number of aromatic nitrogens is 1. The largest absolute Gasteiger partial charge is 0.478 e. The molecule has 0 bridgehead atoms. The van der Waals surface area contributed by atoms with Gasteiger partial charge >= 0.3 is 5.97 Å². The molecule has 1 atom stereocenters. The normalized spacial score (nSPS) is 17.4. The Bertz CT molecular complexity index is 681. The fourth-order valence-electron chi connectivity index (χ4n) is 2.26. The zero-order chi connectivity index (χ0) is 15.5. The molecular weight excluding hydrogens is 306 g/mol. The van der Waals surface area contributed by atoms with E-state index in [0.717, 1.165) is 12.0 Å². The van der Waals surface area contributed by atoms with Gasteiger partial charge in [0.05, 0.1) is 18.8 Å². The third kappa shape index (κ3) is 3.21. The van der Waals surface area contributed by atoms with Gasteiger partial charge in [0.2, 0.25) is 5.88 Å². The van der Waals surface area contributed by atoms with Crippen molar-refractivity contribution >= 4 is 17.6 Å². The Morgan fingerprint density at radius 2 is 2.14 bits per heavy atom. The van der Waals surface area contributed by atoms with Crippen LogP contribution in [0.15, 0.2) is 36.5 Å². The molecular formula is C16H14ClNO4. The molecule has 2 aromatic rings. The minimum Gasteiger partial charge on any atom is -0.478 e. The quantitative estimate of drug-likeness (QED) is 0.936. The number of rotatable bonds is 4. The van der Waals surface area contributed by atoms with Crippen molar-refractivity contribution in [2.45, 2.75) is 12.5 Å². The molecule has 1 unspecified atom stereocenters. The number of carboxylic acid groups (broad SMARTS) is 1. The molecule has 2 heterocycles. The van der Waals surface area contributed by atoms with Crippen LogP contribution >= 0.6 is 11.6 Å². The van der Waals surface area contributed by atoms with Gasteiger partial charge in [-0.15, -0.1) is 0 Å². The second-order valence-corrected chi connectivity index (χ2v) is 5.43. The van der Waals surface area contributed by atoms with Gasteiger partial charge < -0.3 is 14.6 Å². The lowest BCUT2D eigenvalue weighted by molar-refractivity contribution is 0.0696. The molecule has 0 aliphatic carbocycles. The van der Waals surface area contributed by atoms with Crippen molar-refractivity contribution in [3.8, 4) is 17.0 Å². The zero-order valence-corrected chi connectivity index (χ0v) is 12.4. The number of pyridine rings is 1. The first-order valence-corrected chi connectivity index (χ1v) is 7.25. The van der Waals surface area contributed by atoms with Crippen LogP contribution in [-0.4, -0.2) is 35.4 Å². The number of hydrogen-bond donors (Lipinski definition) is 1. The van der Waals surface area contributed by atoms with E-state index in [4.69, 9.17) is 26.2 Å². The molecule has 0 spiro atoms. The number of nitrogens with zero attached hydrogens (tertiary/aromatic N) is 1. The van der Waals surface area contributed by atoms with Gasteiger partial charge in [-0.3, -0.25) is 0 Å². The highest BCUT2D eigenvalue weighted by atomic mass is 35.5. The maximum absolute atomic E-state index is 11.2. The van der Waals surface area contributed by atoms with Crippen molar-refractivity contribution in [3.05, 3.63) is 47.1 Å². The van der Waals surface area contributed by atoms with E-state index >= 15 is 0 Å². The van der Waals surface area contributed by atoms with Gasteiger partial charge in [0.1, 0.15) is 6.10 Å². The van der Waals surface area contributed by atoms with Crippen LogP contribution < -0.4 is 4.74 Å². The van der Waals surface area contributed by atoms with Crippen LogP contribution in [0.25, 0.3) is 11.1 Å². The smallest absolute Gasteiger partial charge is 0.337 e. The van der Waals surface area contributed by atoms with E-state index in [9.17, 15) is 4.79 Å². The molecule has 114 valence electrons. The standard InChI is InChI=1S/C16H14ClNO4/c17-12-3-1-10(2-4-12)14-7-11(16(19)20)8-18-15(14)22-13-5-6-21-9-13/h1-4,7-8,13H,5-6,9H2,(H,19,20). The molecule has 5 nitrogen and oxygen atoms in total. The molecule has 1 aromatic heterocycles. The Kier molecular flexibility index (Phi) is 4.27. The lowest BCUT2D eigenvalue weighted by Crippen LogP contribution is -2.17. The Hall–Kier alpha value is -2.11. The van der Waals surface area contributed by atoms with Gasteiger partial charge in [0.15, 0.2) is 0 Å². The lowest BCUT2D eigenvalue weighted by atomic mass is 10.1. The van der Waals surface area contributed by atoms with Crippen LogP contribution in [0.1, 0.15) is 16.8 Å². The topological polar surface area (TPSA) is 68.7 Å². The van der Waals surface area contributed by atoms with Crippen molar-refractivity contribution in [1.82, 2.24) is 4.98 Å². The van der Waals surface area contributed by atoms with Crippen LogP contribution in [0, 0.1) is 0 Å². The molecule has 0 amide bonds. The van der Waals surface area contributed by atoms with Gasteiger partial charge in [-0.1, -0.05) is 23.7 Å². The summed E-state index contributed by atoms with van der Waals surface area (Å²) in [7, 11) is 0. The zero-order valence-electron chi connectivity index (χ0n) is 11.7. The van der Waals surface area contributed by atoms with Gasteiger partial charge in [-0.2, -0.15) is 0 Å². The number of halogens is 1. The van der Waals surface area contributed by atoms with Crippen LogP contribution in [0.3, 0.4) is 0 Å². The van der Waals surface area contributed by atoms with Gasteiger partial charge in [0.25, 0.3) is 0 Å². The summed E-state index contributed by atoms with van der Waals surface area (Å²) in [6.45, 7) is 1.18. The van der Waals surface area contributed by atoms with E-state index in [0.29, 0.717) is 29.7 Å². The van der Waals surface area contributed by atoms with E-state index in [1.807, 2.05) is 12.1 Å². The number of aromatic carboxylic acids is 1. The number of carboxylic acids is 1. The average Bonchev–Trinajstić information content (AvgIpc) is 3.01. The highest BCUT2D eigenvalue weighted by Crippen LogP contribution is 2.31. The fraction of sp³-hybridized carbons (Fsp3) is 0.250. The molecule has 6 heteroatoms. The van der Waals surface area contributed by atoms with Gasteiger partial charge in [-0.25, -0.2) is 9.78 Å². The Labute approximate surface area is 132 Å². The molecule has 1 aromatic carbocycles. The monoisotopic (exact) mass is 319 g/mol. The first-order valence-electron chi connectivity index (χ1n) is 6.87. The summed E-state index contributed by atoms with van der Waals surface area (Å²) in [6, 6.07) is 8.66. The number of ether oxygens (including phenoxy) is 2. The first kappa shape index (κ1) is 14.8. The maximum atomic E-state index is 11.2. The number of hydrogen-bond acceptors (Lipinski definition) is 4. The van der Waals surface area contributed by atoms with Gasteiger partial charge in [0, 0.05) is 23.2 Å². The van der Waals surface area contributed by atoms with Crippen molar-refractivity contribution in [3.63, 3.8) is 0 Å². The van der Waals surface area contributed by atoms with E-state index in [1.54, 1.807) is 18.2 Å². The van der Waals surface area contributed by atoms with Crippen LogP contribution in [0.4, 0.5) is 0 Å². The van der Waals surface area contributed by atoms with E-state index in [1.165, 1.54) is 6.20 Å². The minimum absolute atomic E-state index is 0.0609. The lowest BCUT2D eigenvalue weighted by Gasteiger charge is -2.15. The Morgan fingerprint density at radius 1 is 1.36 bits per heavy atom. The molecule has 1 saturated heterocycles. The average molecular weight is 320 g/mol. The SMILES string of the molecule is O=C(O)c1cnc(OC2CCOC2)c(-c2ccc(Cl)cc2)c1. The third-order valence-electron chi connectivity index (χ3n) is 3.42. The van der Waals surface area contributed by atoms with E-state index in [2.05, 4.69) is 4.98 Å². The summed E-state index contributed by atoms with van der Waals surface area (Å²) in [6.07, 6.45) is 2.03. The summed E-state index contributed by atoms with van der Waals surface area (Å²) in [5, 5.41) is 9.76. The van der Waals surface area contributed by atoms with Crippen LogP contribution in [-0.2, 0) is 4.74 Å². The van der Waals surface area contributed by atoms with E-state index in [-0.39, 0.29) is 11.7 Å². The molecule has 1 aliphatic rings. The summed E-state index contributed by atoms with van der Waals surface area (Å²) in [5.41, 5.74) is 1.54. The maximum Gasteiger partial charge on any atom is 0.337 e.